The molecule has 0 aliphatic carbocycles. The van der Waals surface area contributed by atoms with E-state index in [0.29, 0.717) is 5.56 Å². The van der Waals surface area contributed by atoms with Crippen molar-refractivity contribution < 1.29 is 9.53 Å². The van der Waals surface area contributed by atoms with Crippen molar-refractivity contribution >= 4 is 23.6 Å². The highest BCUT2D eigenvalue weighted by atomic mass is 16.5. The highest BCUT2D eigenvalue weighted by Gasteiger charge is 2.18. The number of aliphatic imine (C=N–C) groups is 1. The molecule has 27 heavy (non-hydrogen) atoms. The highest BCUT2D eigenvalue weighted by molar-refractivity contribution is 5.91. The number of esters is 1. The minimum Gasteiger partial charge on any atom is -0.465 e. The van der Waals surface area contributed by atoms with Crippen LogP contribution in [-0.4, -0.2) is 19.3 Å². The largest absolute Gasteiger partial charge is 0.465 e. The van der Waals surface area contributed by atoms with Crippen LogP contribution in [0.1, 0.15) is 27.0 Å². The fourth-order valence-electron chi connectivity index (χ4n) is 3.24. The number of carbonyl (C=O) groups excluding carboxylic acids is 1. The summed E-state index contributed by atoms with van der Waals surface area (Å²) in [6.45, 7) is 1.90. The van der Waals surface area contributed by atoms with Crippen LogP contribution >= 0.6 is 0 Å². The maximum Gasteiger partial charge on any atom is 0.337 e. The van der Waals surface area contributed by atoms with Gasteiger partial charge in [-0.2, -0.15) is 0 Å². The molecule has 134 valence electrons. The van der Waals surface area contributed by atoms with Crippen LogP contribution in [-0.2, 0) is 17.8 Å². The summed E-state index contributed by atoms with van der Waals surface area (Å²) >= 11 is 0. The van der Waals surface area contributed by atoms with Gasteiger partial charge in [0.05, 0.1) is 18.4 Å². The summed E-state index contributed by atoms with van der Waals surface area (Å²) in [6.07, 6.45) is 1.79. The number of ether oxygens (including phenoxy) is 1. The van der Waals surface area contributed by atoms with Crippen molar-refractivity contribution in [1.29, 1.82) is 0 Å². The molecule has 0 atom stereocenters. The third kappa shape index (κ3) is 3.75. The van der Waals surface area contributed by atoms with Gasteiger partial charge in [0, 0.05) is 25.0 Å². The summed E-state index contributed by atoms with van der Waals surface area (Å²) in [5.41, 5.74) is 6.36. The number of methoxy groups -OCH3 is 1. The first kappa shape index (κ1) is 17.0. The Hall–Kier alpha value is -3.40. The van der Waals surface area contributed by atoms with Gasteiger partial charge in [0.15, 0.2) is 0 Å². The lowest BCUT2D eigenvalue weighted by Gasteiger charge is -2.17. The van der Waals surface area contributed by atoms with Crippen LogP contribution in [0.25, 0.3) is 0 Å². The summed E-state index contributed by atoms with van der Waals surface area (Å²) in [5, 5.41) is 0. The van der Waals surface area contributed by atoms with Crippen LogP contribution in [0.2, 0.25) is 0 Å². The van der Waals surface area contributed by atoms with E-state index in [1.54, 1.807) is 18.3 Å². The molecule has 1 aliphatic heterocycles. The zero-order valence-corrected chi connectivity index (χ0v) is 15.1. The summed E-state index contributed by atoms with van der Waals surface area (Å²) in [6, 6.07) is 24.0. The Morgan fingerprint density at radius 2 is 1.56 bits per heavy atom. The molecule has 0 amide bonds. The van der Waals surface area contributed by atoms with Gasteiger partial charge in [-0.15, -0.1) is 0 Å². The first-order valence-corrected chi connectivity index (χ1v) is 8.87. The molecule has 4 rings (SSSR count). The normalized spacial score (nSPS) is 13.0. The van der Waals surface area contributed by atoms with Gasteiger partial charge in [-0.1, -0.05) is 36.4 Å². The zero-order valence-electron chi connectivity index (χ0n) is 15.1. The van der Waals surface area contributed by atoms with Crippen molar-refractivity contribution in [3.8, 4) is 0 Å². The van der Waals surface area contributed by atoms with Crippen molar-refractivity contribution in [2.75, 3.05) is 12.0 Å². The molecule has 3 aromatic rings. The predicted molar refractivity (Wildman–Crippen MR) is 108 cm³/mol. The van der Waals surface area contributed by atoms with E-state index >= 15 is 0 Å². The second-order valence-electron chi connectivity index (χ2n) is 6.51. The summed E-state index contributed by atoms with van der Waals surface area (Å²) in [7, 11) is 1.38. The summed E-state index contributed by atoms with van der Waals surface area (Å²) < 4.78 is 4.70. The number of hydrogen-bond donors (Lipinski definition) is 0. The SMILES string of the molecule is COC(=O)c1ccc(C=Nc2ccc(N3Cc4ccccc4C3)cc2)cc1. The van der Waals surface area contributed by atoms with Gasteiger partial charge in [0.2, 0.25) is 0 Å². The van der Waals surface area contributed by atoms with E-state index in [2.05, 4.69) is 46.3 Å². The monoisotopic (exact) mass is 356 g/mol. The van der Waals surface area contributed by atoms with E-state index in [0.717, 1.165) is 24.3 Å². The smallest absolute Gasteiger partial charge is 0.337 e. The van der Waals surface area contributed by atoms with Crippen LogP contribution in [0, 0.1) is 0 Å². The molecule has 3 aromatic carbocycles. The lowest BCUT2D eigenvalue weighted by atomic mass is 10.1. The zero-order chi connectivity index (χ0) is 18.6. The lowest BCUT2D eigenvalue weighted by molar-refractivity contribution is 0.0600. The minimum atomic E-state index is -0.335. The lowest BCUT2D eigenvalue weighted by Crippen LogP contribution is -2.13. The van der Waals surface area contributed by atoms with Gasteiger partial charge in [-0.05, 0) is 53.1 Å². The quantitative estimate of drug-likeness (QED) is 0.501. The van der Waals surface area contributed by atoms with Gasteiger partial charge in [0.25, 0.3) is 0 Å². The first-order chi connectivity index (χ1) is 13.2. The molecule has 4 nitrogen and oxygen atoms in total. The number of rotatable bonds is 4. The summed E-state index contributed by atoms with van der Waals surface area (Å²) in [4.78, 5) is 18.3. The fourth-order valence-corrected chi connectivity index (χ4v) is 3.24. The van der Waals surface area contributed by atoms with Crippen LogP contribution in [0.4, 0.5) is 11.4 Å². The van der Waals surface area contributed by atoms with E-state index < -0.39 is 0 Å². The Morgan fingerprint density at radius 1 is 0.926 bits per heavy atom. The van der Waals surface area contributed by atoms with Crippen LogP contribution in [0.3, 0.4) is 0 Å². The molecule has 0 N–H and O–H groups in total. The van der Waals surface area contributed by atoms with Crippen LogP contribution in [0.5, 0.6) is 0 Å². The third-order valence-corrected chi connectivity index (χ3v) is 4.75. The number of hydrogen-bond acceptors (Lipinski definition) is 4. The molecule has 0 radical (unpaired) electrons. The minimum absolute atomic E-state index is 0.335. The Morgan fingerprint density at radius 3 is 2.15 bits per heavy atom. The molecular weight excluding hydrogens is 336 g/mol. The Kier molecular flexibility index (Phi) is 4.71. The Balaban J connectivity index is 1.42. The number of carbonyl (C=O) groups is 1. The van der Waals surface area contributed by atoms with E-state index in [-0.39, 0.29) is 5.97 Å². The second-order valence-corrected chi connectivity index (χ2v) is 6.51. The van der Waals surface area contributed by atoms with Crippen LogP contribution < -0.4 is 4.90 Å². The maximum absolute atomic E-state index is 11.5. The molecule has 0 unspecified atom stereocenters. The molecule has 0 saturated carbocycles. The molecule has 0 saturated heterocycles. The van der Waals surface area contributed by atoms with Gasteiger partial charge >= 0.3 is 5.97 Å². The van der Waals surface area contributed by atoms with E-state index in [9.17, 15) is 4.79 Å². The van der Waals surface area contributed by atoms with Gasteiger partial charge in [-0.25, -0.2) is 4.79 Å². The average Bonchev–Trinajstić information content (AvgIpc) is 3.17. The Labute approximate surface area is 158 Å². The number of nitrogens with zero attached hydrogens (tertiary/aromatic N) is 2. The molecule has 0 aromatic heterocycles. The van der Waals surface area contributed by atoms with Crippen molar-refractivity contribution in [2.24, 2.45) is 4.99 Å². The van der Waals surface area contributed by atoms with Crippen molar-refractivity contribution in [3.63, 3.8) is 0 Å². The van der Waals surface area contributed by atoms with Crippen LogP contribution in [0.15, 0.2) is 77.8 Å². The van der Waals surface area contributed by atoms with E-state index in [4.69, 9.17) is 4.74 Å². The maximum atomic E-state index is 11.5. The van der Waals surface area contributed by atoms with E-state index in [1.165, 1.54) is 23.9 Å². The molecule has 0 spiro atoms. The van der Waals surface area contributed by atoms with Gasteiger partial charge in [0.1, 0.15) is 0 Å². The molecule has 0 bridgehead atoms. The van der Waals surface area contributed by atoms with Crippen molar-refractivity contribution in [2.45, 2.75) is 13.1 Å². The van der Waals surface area contributed by atoms with Crippen molar-refractivity contribution in [3.05, 3.63) is 95.1 Å². The van der Waals surface area contributed by atoms with Crippen molar-refractivity contribution in [1.82, 2.24) is 0 Å². The second kappa shape index (κ2) is 7.46. The fraction of sp³-hybridized carbons (Fsp3) is 0.130. The standard InChI is InChI=1S/C23H20N2O2/c1-27-23(26)18-8-6-17(7-9-18)14-24-21-10-12-22(13-11-21)25-15-19-4-2-3-5-20(19)16-25/h2-14H,15-16H2,1H3. The number of fused-ring (bicyclic) bond motifs is 1. The van der Waals surface area contributed by atoms with E-state index in [1.807, 2.05) is 24.3 Å². The van der Waals surface area contributed by atoms with Gasteiger partial charge < -0.3 is 9.64 Å². The average molecular weight is 356 g/mol. The molecule has 1 aliphatic rings. The van der Waals surface area contributed by atoms with Gasteiger partial charge in [-0.3, -0.25) is 4.99 Å². The first-order valence-electron chi connectivity index (χ1n) is 8.87. The highest BCUT2D eigenvalue weighted by Crippen LogP contribution is 2.29. The predicted octanol–water partition coefficient (Wildman–Crippen LogP) is 4.74. The summed E-state index contributed by atoms with van der Waals surface area (Å²) in [5.74, 6) is -0.335. The molecular formula is C23H20N2O2. The number of anilines is 1. The Bertz CT molecular complexity index is 951. The topological polar surface area (TPSA) is 41.9 Å². The number of benzene rings is 3. The molecule has 4 heteroatoms. The molecule has 0 fully saturated rings. The molecule has 1 heterocycles. The third-order valence-electron chi connectivity index (χ3n) is 4.75.